The van der Waals surface area contributed by atoms with Crippen LogP contribution in [0.2, 0.25) is 0 Å². The first-order valence-corrected chi connectivity index (χ1v) is 10.1. The molecule has 0 aliphatic carbocycles. The molecule has 1 aromatic heterocycles. The first kappa shape index (κ1) is 21.1. The van der Waals surface area contributed by atoms with Crippen molar-refractivity contribution in [2.24, 2.45) is 11.8 Å². The first-order chi connectivity index (χ1) is 13.8. The van der Waals surface area contributed by atoms with E-state index in [-0.39, 0.29) is 18.0 Å². The molecule has 0 saturated carbocycles. The van der Waals surface area contributed by atoms with Gasteiger partial charge >= 0.3 is 5.97 Å². The van der Waals surface area contributed by atoms with Crippen LogP contribution in [0.15, 0.2) is 24.5 Å². The molecular weight excluding hydrogens is 376 g/mol. The van der Waals surface area contributed by atoms with Crippen LogP contribution in [0.5, 0.6) is 0 Å². The molecule has 3 rings (SSSR count). The minimum absolute atomic E-state index is 0.0496. The molecule has 29 heavy (non-hydrogen) atoms. The van der Waals surface area contributed by atoms with Crippen molar-refractivity contribution < 1.29 is 18.7 Å². The quantitative estimate of drug-likeness (QED) is 0.726. The summed E-state index contributed by atoms with van der Waals surface area (Å²) in [6.07, 6.45) is 6.26. The van der Waals surface area contributed by atoms with Gasteiger partial charge in [-0.1, -0.05) is 13.8 Å². The fourth-order valence-electron chi connectivity index (χ4n) is 3.73. The van der Waals surface area contributed by atoms with Crippen molar-refractivity contribution in [3.8, 4) is 11.3 Å². The van der Waals surface area contributed by atoms with Gasteiger partial charge in [-0.3, -0.25) is 9.78 Å². The predicted molar refractivity (Wildman–Crippen MR) is 108 cm³/mol. The van der Waals surface area contributed by atoms with Crippen molar-refractivity contribution in [2.45, 2.75) is 46.0 Å². The summed E-state index contributed by atoms with van der Waals surface area (Å²) in [6.45, 7) is 5.14. The zero-order valence-corrected chi connectivity index (χ0v) is 16.9. The fourth-order valence-corrected chi connectivity index (χ4v) is 3.73. The Hall–Kier alpha value is -2.57. The van der Waals surface area contributed by atoms with Crippen LogP contribution in [0, 0.1) is 23.5 Å². The number of piperidine rings is 1. The highest BCUT2D eigenvalue weighted by Crippen LogP contribution is 2.32. The molecule has 0 atom stereocenters. The van der Waals surface area contributed by atoms with Crippen LogP contribution >= 0.6 is 0 Å². The summed E-state index contributed by atoms with van der Waals surface area (Å²) < 4.78 is 29.6. The lowest BCUT2D eigenvalue weighted by Gasteiger charge is -2.33. The molecule has 0 radical (unpaired) electrons. The first-order valence-electron chi connectivity index (χ1n) is 10.1. The number of hydrogen-bond donors (Lipinski definition) is 1. The summed E-state index contributed by atoms with van der Waals surface area (Å²) >= 11 is 0. The van der Waals surface area contributed by atoms with E-state index >= 15 is 0 Å². The maximum Gasteiger partial charge on any atom is 0.303 e. The lowest BCUT2D eigenvalue weighted by Crippen LogP contribution is -2.35. The molecule has 1 aliphatic rings. The number of halogens is 2. The van der Waals surface area contributed by atoms with Crippen molar-refractivity contribution in [3.63, 3.8) is 0 Å². The number of aromatic nitrogens is 2. The van der Waals surface area contributed by atoms with E-state index in [1.807, 2.05) is 0 Å². The van der Waals surface area contributed by atoms with Crippen LogP contribution in [-0.2, 0) is 11.2 Å². The van der Waals surface area contributed by atoms with E-state index in [1.54, 1.807) is 11.1 Å². The van der Waals surface area contributed by atoms with Gasteiger partial charge in [-0.05, 0) is 49.7 Å². The zero-order chi connectivity index (χ0) is 21.0. The van der Waals surface area contributed by atoms with Gasteiger partial charge in [0.1, 0.15) is 17.3 Å². The molecule has 1 N–H and O–H groups in total. The maximum atomic E-state index is 14.8. The third kappa shape index (κ3) is 5.49. The van der Waals surface area contributed by atoms with Crippen molar-refractivity contribution >= 4 is 11.7 Å². The molecule has 7 heteroatoms. The van der Waals surface area contributed by atoms with Crippen LogP contribution in [0.3, 0.4) is 0 Å². The molecule has 156 valence electrons. The Morgan fingerprint density at radius 3 is 2.45 bits per heavy atom. The second-order valence-corrected chi connectivity index (χ2v) is 8.14. The number of carboxylic acids is 1. The third-order valence-corrected chi connectivity index (χ3v) is 5.37. The van der Waals surface area contributed by atoms with Crippen LogP contribution in [0.4, 0.5) is 14.5 Å². The second kappa shape index (κ2) is 9.29. The van der Waals surface area contributed by atoms with Crippen molar-refractivity contribution in [2.75, 3.05) is 18.0 Å². The minimum Gasteiger partial charge on any atom is -0.481 e. The standard InChI is InChI=1S/C22H27F2N3O2/c1-14(2)3-4-17-12-25-13-20(26-17)16-10-18(23)22(19(24)11-16)27-7-5-15(6-8-27)9-21(28)29/h10-15H,3-9H2,1-2H3,(H,28,29). The van der Waals surface area contributed by atoms with E-state index in [1.165, 1.54) is 18.3 Å². The summed E-state index contributed by atoms with van der Waals surface area (Å²) in [5.74, 6) is -1.51. The third-order valence-electron chi connectivity index (χ3n) is 5.37. The number of hydrogen-bond acceptors (Lipinski definition) is 4. The van der Waals surface area contributed by atoms with Gasteiger partial charge < -0.3 is 10.0 Å². The number of rotatable bonds is 7. The lowest BCUT2D eigenvalue weighted by molar-refractivity contribution is -0.138. The normalized spacial score (nSPS) is 15.1. The number of aryl methyl sites for hydroxylation is 1. The Morgan fingerprint density at radius 1 is 1.21 bits per heavy atom. The zero-order valence-electron chi connectivity index (χ0n) is 16.9. The highest BCUT2D eigenvalue weighted by Gasteiger charge is 2.25. The van der Waals surface area contributed by atoms with Gasteiger partial charge in [0.05, 0.1) is 17.6 Å². The van der Waals surface area contributed by atoms with Gasteiger partial charge in [-0.25, -0.2) is 13.8 Å². The number of benzene rings is 1. The second-order valence-electron chi connectivity index (χ2n) is 8.14. The van der Waals surface area contributed by atoms with Crippen molar-refractivity contribution in [3.05, 3.63) is 41.9 Å². The molecule has 0 unspecified atom stereocenters. The summed E-state index contributed by atoms with van der Waals surface area (Å²) in [4.78, 5) is 21.2. The number of carbonyl (C=O) groups is 1. The Kier molecular flexibility index (Phi) is 6.77. The minimum atomic E-state index is -0.832. The van der Waals surface area contributed by atoms with Crippen LogP contribution in [0.1, 0.15) is 45.2 Å². The van der Waals surface area contributed by atoms with Gasteiger partial charge in [0.15, 0.2) is 0 Å². The summed E-state index contributed by atoms with van der Waals surface area (Å²) in [7, 11) is 0. The molecule has 0 bridgehead atoms. The molecule has 1 aromatic carbocycles. The van der Waals surface area contributed by atoms with Crippen LogP contribution in [0.25, 0.3) is 11.3 Å². The Bertz CT molecular complexity index is 842. The topological polar surface area (TPSA) is 66.3 Å². The molecule has 1 aliphatic heterocycles. The monoisotopic (exact) mass is 403 g/mol. The molecule has 0 spiro atoms. The fraction of sp³-hybridized carbons (Fsp3) is 0.500. The highest BCUT2D eigenvalue weighted by molar-refractivity contribution is 5.67. The van der Waals surface area contributed by atoms with Gasteiger partial charge in [-0.2, -0.15) is 0 Å². The maximum absolute atomic E-state index is 14.8. The van der Waals surface area contributed by atoms with E-state index in [2.05, 4.69) is 23.8 Å². The van der Waals surface area contributed by atoms with Gasteiger partial charge in [-0.15, -0.1) is 0 Å². The van der Waals surface area contributed by atoms with Crippen LogP contribution < -0.4 is 4.90 Å². The molecule has 1 fully saturated rings. The van der Waals surface area contributed by atoms with E-state index in [9.17, 15) is 13.6 Å². The van der Waals surface area contributed by atoms with Crippen molar-refractivity contribution in [1.29, 1.82) is 0 Å². The average molecular weight is 403 g/mol. The van der Waals surface area contributed by atoms with E-state index < -0.39 is 17.6 Å². The molecule has 1 saturated heterocycles. The lowest BCUT2D eigenvalue weighted by atomic mass is 9.93. The van der Waals surface area contributed by atoms with Gasteiger partial charge in [0.2, 0.25) is 0 Å². The van der Waals surface area contributed by atoms with Crippen molar-refractivity contribution in [1.82, 2.24) is 9.97 Å². The van der Waals surface area contributed by atoms with E-state index in [0.717, 1.165) is 18.5 Å². The molecule has 0 amide bonds. The summed E-state index contributed by atoms with van der Waals surface area (Å²) in [5.41, 5.74) is 1.58. The van der Waals surface area contributed by atoms with E-state index in [0.29, 0.717) is 43.1 Å². The van der Waals surface area contributed by atoms with Gasteiger partial charge in [0.25, 0.3) is 0 Å². The Labute approximate surface area is 169 Å². The molecule has 2 heterocycles. The Morgan fingerprint density at radius 2 is 1.86 bits per heavy atom. The van der Waals surface area contributed by atoms with Crippen LogP contribution in [-0.4, -0.2) is 34.1 Å². The van der Waals surface area contributed by atoms with E-state index in [4.69, 9.17) is 5.11 Å². The summed E-state index contributed by atoms with van der Waals surface area (Å²) in [6, 6.07) is 2.61. The SMILES string of the molecule is CC(C)CCc1cncc(-c2cc(F)c(N3CCC(CC(=O)O)CC3)c(F)c2)n1. The number of aliphatic carboxylic acids is 1. The number of carboxylic acid groups (broad SMARTS) is 1. The Balaban J connectivity index is 1.76. The average Bonchev–Trinajstić information content (AvgIpc) is 2.67. The smallest absolute Gasteiger partial charge is 0.303 e. The molecular formula is C22H27F2N3O2. The molecule has 2 aromatic rings. The number of anilines is 1. The molecule has 5 nitrogen and oxygen atoms in total. The predicted octanol–water partition coefficient (Wildman–Crippen LogP) is 4.70. The number of nitrogens with zero attached hydrogens (tertiary/aromatic N) is 3. The summed E-state index contributed by atoms with van der Waals surface area (Å²) in [5, 5.41) is 8.91. The highest BCUT2D eigenvalue weighted by atomic mass is 19.1. The van der Waals surface area contributed by atoms with Gasteiger partial charge in [0, 0.05) is 31.3 Å². The largest absolute Gasteiger partial charge is 0.481 e.